The normalized spacial score (nSPS) is 16.4. The van der Waals surface area contributed by atoms with Gasteiger partial charge in [0.1, 0.15) is 22.9 Å². The van der Waals surface area contributed by atoms with E-state index in [1.54, 1.807) is 13.3 Å². The topological polar surface area (TPSA) is 72.9 Å². The van der Waals surface area contributed by atoms with Crippen LogP contribution in [0.15, 0.2) is 59.3 Å². The molecule has 3 aromatic heterocycles. The molecule has 4 aromatic rings. The quantitative estimate of drug-likeness (QED) is 0.473. The molecule has 1 saturated heterocycles. The number of amides is 1. The van der Waals surface area contributed by atoms with E-state index in [9.17, 15) is 4.79 Å². The van der Waals surface area contributed by atoms with Gasteiger partial charge in [-0.15, -0.1) is 0 Å². The van der Waals surface area contributed by atoms with Crippen molar-refractivity contribution in [2.45, 2.75) is 32.1 Å². The molecule has 5 rings (SSSR count). The van der Waals surface area contributed by atoms with E-state index in [1.807, 2.05) is 64.9 Å². The van der Waals surface area contributed by atoms with Crippen LogP contribution in [0.25, 0.3) is 5.65 Å². The van der Waals surface area contributed by atoms with E-state index in [-0.39, 0.29) is 11.8 Å². The van der Waals surface area contributed by atoms with Crippen molar-refractivity contribution >= 4 is 11.6 Å². The summed E-state index contributed by atoms with van der Waals surface area (Å²) < 4.78 is 13.2. The van der Waals surface area contributed by atoms with Gasteiger partial charge in [-0.1, -0.05) is 18.2 Å². The number of benzene rings is 1. The summed E-state index contributed by atoms with van der Waals surface area (Å²) in [5.74, 6) is 2.42. The van der Waals surface area contributed by atoms with Crippen LogP contribution in [0.4, 0.5) is 0 Å². The van der Waals surface area contributed by atoms with Gasteiger partial charge in [-0.3, -0.25) is 4.79 Å². The third-order valence-electron chi connectivity index (χ3n) is 6.08. The number of hydrogen-bond acceptors (Lipinski definition) is 5. The fourth-order valence-electron chi connectivity index (χ4n) is 4.31. The number of nitrogens with zero attached hydrogens (tertiary/aromatic N) is 4. The molecule has 7 heteroatoms. The third kappa shape index (κ3) is 3.98. The Balaban J connectivity index is 1.28. The van der Waals surface area contributed by atoms with Crippen LogP contribution in [0.5, 0.6) is 5.75 Å². The van der Waals surface area contributed by atoms with Gasteiger partial charge in [-0.2, -0.15) is 0 Å². The molecule has 0 bridgehead atoms. The highest BCUT2D eigenvalue weighted by Crippen LogP contribution is 2.28. The van der Waals surface area contributed by atoms with Gasteiger partial charge >= 0.3 is 0 Å². The smallest absolute Gasteiger partial charge is 0.274 e. The van der Waals surface area contributed by atoms with Crippen LogP contribution in [-0.4, -0.2) is 45.4 Å². The minimum Gasteiger partial charge on any atom is -0.497 e. The van der Waals surface area contributed by atoms with Crippen molar-refractivity contribution in [1.29, 1.82) is 0 Å². The van der Waals surface area contributed by atoms with Gasteiger partial charge in [0, 0.05) is 31.4 Å². The van der Waals surface area contributed by atoms with E-state index in [1.165, 1.54) is 0 Å². The minimum atomic E-state index is -0.0391. The largest absolute Gasteiger partial charge is 0.497 e. The van der Waals surface area contributed by atoms with E-state index < -0.39 is 0 Å². The van der Waals surface area contributed by atoms with Crippen molar-refractivity contribution in [1.82, 2.24) is 19.3 Å². The molecular formula is C25H26N4O3. The number of carbonyl (C=O) groups is 1. The van der Waals surface area contributed by atoms with Crippen molar-refractivity contribution in [3.8, 4) is 5.75 Å². The average Bonchev–Trinajstić information content (AvgIpc) is 3.47. The van der Waals surface area contributed by atoms with E-state index in [2.05, 4.69) is 9.97 Å². The van der Waals surface area contributed by atoms with Gasteiger partial charge in [0.25, 0.3) is 5.91 Å². The number of fused-ring (bicyclic) bond motifs is 1. The SMILES string of the molecule is COc1ccc(Cc2cnc(C3CCCN(C(=O)c4cn5c(C)cccc5n4)C3)o2)cc1. The van der Waals surface area contributed by atoms with Crippen LogP contribution in [0, 0.1) is 6.92 Å². The first-order chi connectivity index (χ1) is 15.6. The number of aromatic nitrogens is 3. The molecule has 0 saturated carbocycles. The number of rotatable bonds is 5. The Morgan fingerprint density at radius 3 is 2.84 bits per heavy atom. The molecule has 1 fully saturated rings. The van der Waals surface area contributed by atoms with Gasteiger partial charge < -0.3 is 18.5 Å². The minimum absolute atomic E-state index is 0.0391. The van der Waals surface area contributed by atoms with Crippen molar-refractivity contribution in [2.75, 3.05) is 20.2 Å². The predicted octanol–water partition coefficient (Wildman–Crippen LogP) is 4.25. The van der Waals surface area contributed by atoms with E-state index in [4.69, 9.17) is 9.15 Å². The van der Waals surface area contributed by atoms with Crippen LogP contribution in [0.1, 0.15) is 52.2 Å². The molecule has 32 heavy (non-hydrogen) atoms. The zero-order valence-electron chi connectivity index (χ0n) is 18.3. The second kappa shape index (κ2) is 8.49. The lowest BCUT2D eigenvalue weighted by molar-refractivity contribution is 0.0692. The fourth-order valence-corrected chi connectivity index (χ4v) is 4.31. The zero-order valence-corrected chi connectivity index (χ0v) is 18.3. The molecule has 1 aliphatic rings. The number of hydrogen-bond donors (Lipinski definition) is 0. The molecule has 4 heterocycles. The number of carbonyl (C=O) groups excluding carboxylic acids is 1. The van der Waals surface area contributed by atoms with Crippen LogP contribution >= 0.6 is 0 Å². The highest BCUT2D eigenvalue weighted by atomic mass is 16.5. The molecule has 1 unspecified atom stereocenters. The maximum Gasteiger partial charge on any atom is 0.274 e. The lowest BCUT2D eigenvalue weighted by Crippen LogP contribution is -2.39. The Kier molecular flexibility index (Phi) is 5.39. The number of ether oxygens (including phenoxy) is 1. The maximum absolute atomic E-state index is 13.1. The first-order valence-electron chi connectivity index (χ1n) is 10.9. The molecule has 0 spiro atoms. The highest BCUT2D eigenvalue weighted by molar-refractivity contribution is 5.93. The number of imidazole rings is 1. The Bertz CT molecular complexity index is 1240. The van der Waals surface area contributed by atoms with E-state index in [0.717, 1.165) is 47.8 Å². The number of oxazole rings is 1. The monoisotopic (exact) mass is 430 g/mol. The van der Waals surface area contributed by atoms with Gasteiger partial charge in [0.05, 0.1) is 19.2 Å². The summed E-state index contributed by atoms with van der Waals surface area (Å²) in [7, 11) is 1.66. The van der Waals surface area contributed by atoms with Crippen molar-refractivity contribution in [2.24, 2.45) is 0 Å². The molecule has 0 radical (unpaired) electrons. The Morgan fingerprint density at radius 1 is 1.22 bits per heavy atom. The summed E-state index contributed by atoms with van der Waals surface area (Å²) in [4.78, 5) is 24.1. The molecule has 0 N–H and O–H groups in total. The fraction of sp³-hybridized carbons (Fsp3) is 0.320. The number of pyridine rings is 1. The lowest BCUT2D eigenvalue weighted by atomic mass is 9.98. The third-order valence-corrected chi connectivity index (χ3v) is 6.08. The van der Waals surface area contributed by atoms with Crippen LogP contribution in [0.3, 0.4) is 0 Å². The second-order valence-electron chi connectivity index (χ2n) is 8.30. The first-order valence-corrected chi connectivity index (χ1v) is 10.9. The number of aryl methyl sites for hydroxylation is 1. The average molecular weight is 431 g/mol. The van der Waals surface area contributed by atoms with Crippen LogP contribution in [0.2, 0.25) is 0 Å². The molecule has 0 aliphatic carbocycles. The van der Waals surface area contributed by atoms with Gasteiger partial charge in [-0.25, -0.2) is 9.97 Å². The van der Waals surface area contributed by atoms with E-state index in [0.29, 0.717) is 24.6 Å². The second-order valence-corrected chi connectivity index (χ2v) is 8.30. The van der Waals surface area contributed by atoms with Gasteiger partial charge in [0.15, 0.2) is 5.89 Å². The van der Waals surface area contributed by atoms with Crippen molar-refractivity contribution in [3.05, 3.63) is 83.5 Å². The lowest BCUT2D eigenvalue weighted by Gasteiger charge is -2.30. The highest BCUT2D eigenvalue weighted by Gasteiger charge is 2.29. The Hall–Kier alpha value is -3.61. The molecule has 1 amide bonds. The summed E-state index contributed by atoms with van der Waals surface area (Å²) in [5.41, 5.74) is 3.45. The number of piperidine rings is 1. The molecule has 1 aromatic carbocycles. The maximum atomic E-state index is 13.1. The van der Waals surface area contributed by atoms with E-state index >= 15 is 0 Å². The van der Waals surface area contributed by atoms with Gasteiger partial charge in [-0.05, 0) is 49.6 Å². The standard InChI is InChI=1S/C25H26N4O3/c1-17-5-3-7-23-27-22(16-29(17)23)25(30)28-12-4-6-19(15-28)24-26-14-21(32-24)13-18-8-10-20(31-2)11-9-18/h3,5,7-11,14,16,19H,4,6,12-13,15H2,1-2H3. The Labute approximate surface area is 186 Å². The summed E-state index contributed by atoms with van der Waals surface area (Å²) in [5, 5.41) is 0. The molecule has 1 aliphatic heterocycles. The summed E-state index contributed by atoms with van der Waals surface area (Å²) in [6.07, 6.45) is 6.17. The number of methoxy groups -OCH3 is 1. The molecule has 1 atom stereocenters. The first kappa shape index (κ1) is 20.3. The number of likely N-dealkylation sites (tertiary alicyclic amines) is 1. The molecule has 7 nitrogen and oxygen atoms in total. The van der Waals surface area contributed by atoms with Crippen molar-refractivity contribution < 1.29 is 13.9 Å². The summed E-state index contributed by atoms with van der Waals surface area (Å²) in [6.45, 7) is 3.32. The summed E-state index contributed by atoms with van der Waals surface area (Å²) in [6, 6.07) is 13.8. The predicted molar refractivity (Wildman–Crippen MR) is 120 cm³/mol. The van der Waals surface area contributed by atoms with Crippen LogP contribution < -0.4 is 4.74 Å². The van der Waals surface area contributed by atoms with Gasteiger partial charge in [0.2, 0.25) is 0 Å². The summed E-state index contributed by atoms with van der Waals surface area (Å²) >= 11 is 0. The Morgan fingerprint density at radius 2 is 2.06 bits per heavy atom. The zero-order chi connectivity index (χ0) is 22.1. The molecular weight excluding hydrogens is 404 g/mol. The molecule has 164 valence electrons. The van der Waals surface area contributed by atoms with Crippen LogP contribution in [-0.2, 0) is 6.42 Å². The van der Waals surface area contributed by atoms with Crippen molar-refractivity contribution in [3.63, 3.8) is 0 Å².